The number of rotatable bonds is 8. The molecule has 1 saturated heterocycles. The Morgan fingerprint density at radius 3 is 2.30 bits per heavy atom. The van der Waals surface area contributed by atoms with Crippen molar-refractivity contribution in [3.63, 3.8) is 0 Å². The van der Waals surface area contributed by atoms with Crippen LogP contribution in [-0.4, -0.2) is 59.9 Å². The second kappa shape index (κ2) is 11.2. The molecule has 2 aliphatic heterocycles. The number of amides is 1. The smallest absolute Gasteiger partial charge is 0.242 e. The van der Waals surface area contributed by atoms with Crippen LogP contribution in [0.15, 0.2) is 77.7 Å². The summed E-state index contributed by atoms with van der Waals surface area (Å²) in [6, 6.07) is 20.2. The van der Waals surface area contributed by atoms with Crippen molar-refractivity contribution >= 4 is 27.3 Å². The van der Waals surface area contributed by atoms with Gasteiger partial charge >= 0.3 is 0 Å². The van der Waals surface area contributed by atoms with Gasteiger partial charge in [-0.3, -0.25) is 4.79 Å². The summed E-state index contributed by atoms with van der Waals surface area (Å²) < 4.78 is 45.6. The lowest BCUT2D eigenvalue weighted by atomic mass is 10.1. The van der Waals surface area contributed by atoms with Crippen molar-refractivity contribution in [2.45, 2.75) is 17.4 Å². The van der Waals surface area contributed by atoms with E-state index in [1.54, 1.807) is 6.07 Å². The quantitative estimate of drug-likeness (QED) is 0.468. The van der Waals surface area contributed by atoms with Gasteiger partial charge in [0.15, 0.2) is 11.5 Å². The Labute approximate surface area is 216 Å². The van der Waals surface area contributed by atoms with Crippen LogP contribution in [0.5, 0.6) is 11.5 Å². The van der Waals surface area contributed by atoms with Crippen molar-refractivity contribution in [2.75, 3.05) is 49.7 Å². The minimum absolute atomic E-state index is 0.00234. The third-order valence-corrected chi connectivity index (χ3v) is 7.70. The van der Waals surface area contributed by atoms with Gasteiger partial charge in [-0.1, -0.05) is 30.3 Å². The average Bonchev–Trinajstić information content (AvgIpc) is 2.94. The van der Waals surface area contributed by atoms with E-state index in [9.17, 15) is 13.2 Å². The first-order valence-electron chi connectivity index (χ1n) is 12.2. The molecule has 5 rings (SSSR count). The van der Waals surface area contributed by atoms with E-state index in [2.05, 4.69) is 14.9 Å². The summed E-state index contributed by atoms with van der Waals surface area (Å²) in [5.41, 5.74) is 2.45. The van der Waals surface area contributed by atoms with Crippen LogP contribution in [0.2, 0.25) is 0 Å². The number of anilines is 2. The van der Waals surface area contributed by atoms with Gasteiger partial charge in [-0.05, 0) is 48.4 Å². The maximum absolute atomic E-state index is 13.3. The summed E-state index contributed by atoms with van der Waals surface area (Å²) >= 11 is 0. The molecule has 9 nitrogen and oxygen atoms in total. The van der Waals surface area contributed by atoms with E-state index in [0.717, 1.165) is 24.3 Å². The molecule has 0 aromatic heterocycles. The van der Waals surface area contributed by atoms with Crippen LogP contribution < -0.4 is 24.4 Å². The molecule has 3 aromatic carbocycles. The summed E-state index contributed by atoms with van der Waals surface area (Å²) in [7, 11) is -4.04. The molecule has 1 fully saturated rings. The SMILES string of the molecule is O=C(Nc1ccc(N2CCOCC2)cc1)C(Cc1ccccc1)NS(=O)(=O)c1ccc2c(c1)OCCO2. The lowest BCUT2D eigenvalue weighted by molar-refractivity contribution is -0.117. The Hall–Kier alpha value is -3.60. The number of hydrogen-bond donors (Lipinski definition) is 2. The van der Waals surface area contributed by atoms with Gasteiger partial charge < -0.3 is 24.4 Å². The fourth-order valence-electron chi connectivity index (χ4n) is 4.29. The first kappa shape index (κ1) is 25.1. The highest BCUT2D eigenvalue weighted by molar-refractivity contribution is 7.89. The molecule has 0 radical (unpaired) electrons. The van der Waals surface area contributed by atoms with E-state index in [1.165, 1.54) is 12.1 Å². The fraction of sp³-hybridized carbons (Fsp3) is 0.296. The zero-order chi connectivity index (χ0) is 25.7. The predicted octanol–water partition coefficient (Wildman–Crippen LogP) is 2.82. The Bertz CT molecular complexity index is 1330. The van der Waals surface area contributed by atoms with Gasteiger partial charge in [-0.25, -0.2) is 8.42 Å². The van der Waals surface area contributed by atoms with Crippen molar-refractivity contribution in [3.05, 3.63) is 78.4 Å². The first-order valence-corrected chi connectivity index (χ1v) is 13.7. The van der Waals surface area contributed by atoms with E-state index < -0.39 is 22.0 Å². The van der Waals surface area contributed by atoms with Crippen LogP contribution >= 0.6 is 0 Å². The van der Waals surface area contributed by atoms with E-state index in [-0.39, 0.29) is 11.3 Å². The van der Waals surface area contributed by atoms with Gasteiger partial charge in [-0.2, -0.15) is 4.72 Å². The number of carbonyl (C=O) groups is 1. The van der Waals surface area contributed by atoms with E-state index in [0.29, 0.717) is 43.6 Å². The summed E-state index contributed by atoms with van der Waals surface area (Å²) in [4.78, 5) is 15.6. The molecule has 1 atom stereocenters. The van der Waals surface area contributed by atoms with E-state index in [1.807, 2.05) is 54.6 Å². The van der Waals surface area contributed by atoms with Gasteiger partial charge in [0.05, 0.1) is 18.1 Å². The third kappa shape index (κ3) is 6.22. The zero-order valence-electron chi connectivity index (χ0n) is 20.3. The molecular weight excluding hydrogens is 494 g/mol. The van der Waals surface area contributed by atoms with Crippen molar-refractivity contribution < 1.29 is 27.4 Å². The second-order valence-corrected chi connectivity index (χ2v) is 10.5. The molecular formula is C27H29N3O6S. The van der Waals surface area contributed by atoms with Gasteiger partial charge in [0.25, 0.3) is 0 Å². The molecule has 2 N–H and O–H groups in total. The van der Waals surface area contributed by atoms with Gasteiger partial charge in [0, 0.05) is 30.5 Å². The van der Waals surface area contributed by atoms with Crippen molar-refractivity contribution in [2.24, 2.45) is 0 Å². The maximum atomic E-state index is 13.3. The predicted molar refractivity (Wildman–Crippen MR) is 140 cm³/mol. The Morgan fingerprint density at radius 2 is 1.57 bits per heavy atom. The highest BCUT2D eigenvalue weighted by atomic mass is 32.2. The lowest BCUT2D eigenvalue weighted by Gasteiger charge is -2.29. The largest absolute Gasteiger partial charge is 0.486 e. The van der Waals surface area contributed by atoms with Crippen LogP contribution in [0.4, 0.5) is 11.4 Å². The molecule has 0 aliphatic carbocycles. The third-order valence-electron chi connectivity index (χ3n) is 6.23. The number of hydrogen-bond acceptors (Lipinski definition) is 7. The molecule has 2 aliphatic rings. The number of fused-ring (bicyclic) bond motifs is 1. The molecule has 3 aromatic rings. The Balaban J connectivity index is 1.34. The minimum atomic E-state index is -4.04. The van der Waals surface area contributed by atoms with E-state index >= 15 is 0 Å². The number of benzene rings is 3. The molecule has 194 valence electrons. The van der Waals surface area contributed by atoms with Crippen LogP contribution in [0, 0.1) is 0 Å². The molecule has 2 heterocycles. The van der Waals surface area contributed by atoms with Crippen molar-refractivity contribution in [1.29, 1.82) is 0 Å². The van der Waals surface area contributed by atoms with Gasteiger partial charge in [0.2, 0.25) is 15.9 Å². The first-order chi connectivity index (χ1) is 18.0. The number of carbonyl (C=O) groups excluding carboxylic acids is 1. The highest BCUT2D eigenvalue weighted by Crippen LogP contribution is 2.32. The number of ether oxygens (including phenoxy) is 3. The van der Waals surface area contributed by atoms with E-state index in [4.69, 9.17) is 14.2 Å². The standard InChI is InChI=1S/C27H29N3O6S/c31-27(28-21-6-8-22(9-7-21)30-12-14-34-15-13-30)24(18-20-4-2-1-3-5-20)29-37(32,33)23-10-11-25-26(19-23)36-17-16-35-25/h1-11,19,24,29H,12-18H2,(H,28,31). The van der Waals surface area contributed by atoms with Crippen molar-refractivity contribution in [1.82, 2.24) is 4.72 Å². The molecule has 10 heteroatoms. The number of morpholine rings is 1. The number of sulfonamides is 1. The summed E-state index contributed by atoms with van der Waals surface area (Å²) in [6.07, 6.45) is 0.183. The van der Waals surface area contributed by atoms with Crippen LogP contribution in [0.1, 0.15) is 5.56 Å². The van der Waals surface area contributed by atoms with Gasteiger partial charge in [0.1, 0.15) is 19.3 Å². The van der Waals surface area contributed by atoms with Crippen LogP contribution in [0.25, 0.3) is 0 Å². The Morgan fingerprint density at radius 1 is 0.865 bits per heavy atom. The molecule has 0 spiro atoms. The molecule has 37 heavy (non-hydrogen) atoms. The Kier molecular flexibility index (Phi) is 7.59. The molecule has 1 unspecified atom stereocenters. The van der Waals surface area contributed by atoms with Crippen molar-refractivity contribution in [3.8, 4) is 11.5 Å². The normalized spacial score (nSPS) is 16.2. The number of nitrogens with one attached hydrogen (secondary N) is 2. The molecule has 0 bridgehead atoms. The topological polar surface area (TPSA) is 106 Å². The monoisotopic (exact) mass is 523 g/mol. The minimum Gasteiger partial charge on any atom is -0.486 e. The summed E-state index contributed by atoms with van der Waals surface area (Å²) in [6.45, 7) is 3.74. The fourth-order valence-corrected chi connectivity index (χ4v) is 5.50. The maximum Gasteiger partial charge on any atom is 0.242 e. The summed E-state index contributed by atoms with van der Waals surface area (Å²) in [5, 5.41) is 2.86. The zero-order valence-corrected chi connectivity index (χ0v) is 21.1. The second-order valence-electron chi connectivity index (χ2n) is 8.80. The lowest BCUT2D eigenvalue weighted by Crippen LogP contribution is -2.45. The highest BCUT2D eigenvalue weighted by Gasteiger charge is 2.28. The van der Waals surface area contributed by atoms with Crippen LogP contribution in [0.3, 0.4) is 0 Å². The summed E-state index contributed by atoms with van der Waals surface area (Å²) in [5.74, 6) is 0.395. The van der Waals surface area contributed by atoms with Crippen LogP contribution in [-0.2, 0) is 26.0 Å². The molecule has 0 saturated carbocycles. The molecule has 1 amide bonds. The number of nitrogens with zero attached hydrogens (tertiary/aromatic N) is 1. The van der Waals surface area contributed by atoms with Gasteiger partial charge in [-0.15, -0.1) is 0 Å². The average molecular weight is 524 g/mol.